The number of nitriles is 1. The van der Waals surface area contributed by atoms with Crippen molar-refractivity contribution in [2.75, 3.05) is 23.3 Å². The number of hydrogen-bond acceptors (Lipinski definition) is 6. The number of benzene rings is 1. The van der Waals surface area contributed by atoms with E-state index in [0.717, 1.165) is 19.4 Å². The molecule has 1 aromatic carbocycles. The third-order valence-electron chi connectivity index (χ3n) is 3.69. The highest BCUT2D eigenvalue weighted by atomic mass is 19.1. The number of halogens is 1. The predicted octanol–water partition coefficient (Wildman–Crippen LogP) is 2.47. The molecule has 1 unspecified atom stereocenters. The van der Waals surface area contributed by atoms with Gasteiger partial charge in [-0.2, -0.15) is 5.26 Å². The maximum Gasteiger partial charge on any atom is 0.315 e. The van der Waals surface area contributed by atoms with Gasteiger partial charge in [-0.1, -0.05) is 5.10 Å². The molecule has 1 fully saturated rings. The highest BCUT2D eigenvalue weighted by molar-refractivity contribution is 5.52. The standard InChI is InChI=1S/C15H16FN5O/c1-10-19-20-15(22-10)18-12-3-2-6-21(9-12)14-5-4-11(8-17)7-13(14)16/h4-5,7,12H,2-3,6,9H2,1H3,(H,18,20). The highest BCUT2D eigenvalue weighted by Crippen LogP contribution is 2.25. The third-order valence-corrected chi connectivity index (χ3v) is 3.69. The first kappa shape index (κ1) is 14.3. The second-order valence-corrected chi connectivity index (χ2v) is 5.33. The molecular weight excluding hydrogens is 285 g/mol. The summed E-state index contributed by atoms with van der Waals surface area (Å²) in [6, 6.07) is 7.02. The average molecular weight is 301 g/mol. The highest BCUT2D eigenvalue weighted by Gasteiger charge is 2.23. The zero-order valence-corrected chi connectivity index (χ0v) is 12.2. The molecule has 2 heterocycles. The molecule has 0 saturated carbocycles. The fourth-order valence-electron chi connectivity index (χ4n) is 2.68. The molecule has 1 N–H and O–H groups in total. The zero-order chi connectivity index (χ0) is 15.5. The van der Waals surface area contributed by atoms with Crippen LogP contribution in [0.5, 0.6) is 0 Å². The average Bonchev–Trinajstić information content (AvgIpc) is 2.92. The smallest absolute Gasteiger partial charge is 0.315 e. The molecule has 22 heavy (non-hydrogen) atoms. The van der Waals surface area contributed by atoms with Crippen LogP contribution in [0.2, 0.25) is 0 Å². The second-order valence-electron chi connectivity index (χ2n) is 5.33. The zero-order valence-electron chi connectivity index (χ0n) is 12.2. The van der Waals surface area contributed by atoms with Crippen LogP contribution in [-0.4, -0.2) is 29.3 Å². The first-order valence-electron chi connectivity index (χ1n) is 7.17. The lowest BCUT2D eigenvalue weighted by molar-refractivity contribution is 0.485. The molecule has 2 aromatic rings. The Labute approximate surface area is 127 Å². The van der Waals surface area contributed by atoms with E-state index in [9.17, 15) is 4.39 Å². The van der Waals surface area contributed by atoms with Crippen LogP contribution in [-0.2, 0) is 0 Å². The largest absolute Gasteiger partial charge is 0.408 e. The summed E-state index contributed by atoms with van der Waals surface area (Å²) >= 11 is 0. The summed E-state index contributed by atoms with van der Waals surface area (Å²) in [5.74, 6) is 0.140. The van der Waals surface area contributed by atoms with Crippen LogP contribution in [0.4, 0.5) is 16.1 Å². The summed E-state index contributed by atoms with van der Waals surface area (Å²) in [6.45, 7) is 3.16. The Balaban J connectivity index is 1.71. The molecule has 1 aliphatic rings. The molecule has 114 valence electrons. The first-order chi connectivity index (χ1) is 10.7. The monoisotopic (exact) mass is 301 g/mol. The number of aryl methyl sites for hydroxylation is 1. The minimum absolute atomic E-state index is 0.114. The molecule has 1 aliphatic heterocycles. The van der Waals surface area contributed by atoms with Crippen LogP contribution in [0.1, 0.15) is 24.3 Å². The van der Waals surface area contributed by atoms with E-state index in [1.807, 2.05) is 11.0 Å². The van der Waals surface area contributed by atoms with Gasteiger partial charge in [0.25, 0.3) is 0 Å². The van der Waals surface area contributed by atoms with E-state index in [2.05, 4.69) is 15.5 Å². The predicted molar refractivity (Wildman–Crippen MR) is 79.0 cm³/mol. The van der Waals surface area contributed by atoms with Crippen LogP contribution < -0.4 is 10.2 Å². The van der Waals surface area contributed by atoms with Crippen LogP contribution in [0.3, 0.4) is 0 Å². The van der Waals surface area contributed by atoms with Crippen LogP contribution in [0.15, 0.2) is 22.6 Å². The summed E-state index contributed by atoms with van der Waals surface area (Å²) in [6.07, 6.45) is 1.89. The molecule has 1 atom stereocenters. The van der Waals surface area contributed by atoms with Gasteiger partial charge >= 0.3 is 6.01 Å². The van der Waals surface area contributed by atoms with E-state index in [1.54, 1.807) is 19.1 Å². The van der Waals surface area contributed by atoms with Crippen molar-refractivity contribution in [1.82, 2.24) is 10.2 Å². The van der Waals surface area contributed by atoms with Gasteiger partial charge in [0, 0.05) is 26.1 Å². The van der Waals surface area contributed by atoms with Crippen molar-refractivity contribution in [3.05, 3.63) is 35.5 Å². The molecule has 0 aliphatic carbocycles. The fourth-order valence-corrected chi connectivity index (χ4v) is 2.68. The maximum absolute atomic E-state index is 14.1. The summed E-state index contributed by atoms with van der Waals surface area (Å²) in [4.78, 5) is 1.97. The van der Waals surface area contributed by atoms with Gasteiger partial charge in [-0.3, -0.25) is 0 Å². The van der Waals surface area contributed by atoms with Crippen molar-refractivity contribution >= 4 is 11.7 Å². The van der Waals surface area contributed by atoms with Crippen molar-refractivity contribution in [3.8, 4) is 6.07 Å². The Hall–Kier alpha value is -2.62. The first-order valence-corrected chi connectivity index (χ1v) is 7.17. The number of anilines is 2. The lowest BCUT2D eigenvalue weighted by atomic mass is 10.0. The summed E-state index contributed by atoms with van der Waals surface area (Å²) in [5.41, 5.74) is 0.849. The maximum atomic E-state index is 14.1. The Morgan fingerprint density at radius 3 is 3.00 bits per heavy atom. The number of aromatic nitrogens is 2. The Bertz CT molecular complexity index is 708. The van der Waals surface area contributed by atoms with E-state index in [0.29, 0.717) is 29.7 Å². The number of nitrogens with zero attached hydrogens (tertiary/aromatic N) is 4. The minimum atomic E-state index is -0.367. The van der Waals surface area contributed by atoms with Crippen molar-refractivity contribution in [2.45, 2.75) is 25.8 Å². The molecule has 1 aromatic heterocycles. The summed E-state index contributed by atoms with van der Waals surface area (Å²) in [5, 5.41) is 19.7. The molecule has 3 rings (SSSR count). The van der Waals surface area contributed by atoms with Gasteiger partial charge in [-0.05, 0) is 31.0 Å². The topological polar surface area (TPSA) is 78.0 Å². The SMILES string of the molecule is Cc1nnc(NC2CCCN(c3ccc(C#N)cc3F)C2)o1. The van der Waals surface area contributed by atoms with Gasteiger partial charge in [0.05, 0.1) is 17.3 Å². The lowest BCUT2D eigenvalue weighted by Crippen LogP contribution is -2.42. The van der Waals surface area contributed by atoms with E-state index in [4.69, 9.17) is 9.68 Å². The van der Waals surface area contributed by atoms with Crippen molar-refractivity contribution in [2.24, 2.45) is 0 Å². The molecule has 0 amide bonds. The molecule has 1 saturated heterocycles. The molecular formula is C15H16FN5O. The fraction of sp³-hybridized carbons (Fsp3) is 0.400. The van der Waals surface area contributed by atoms with E-state index in [-0.39, 0.29) is 11.9 Å². The molecule has 0 spiro atoms. The molecule has 0 radical (unpaired) electrons. The van der Waals surface area contributed by atoms with E-state index in [1.165, 1.54) is 6.07 Å². The third kappa shape index (κ3) is 3.01. The number of rotatable bonds is 3. The van der Waals surface area contributed by atoms with E-state index >= 15 is 0 Å². The minimum Gasteiger partial charge on any atom is -0.408 e. The summed E-state index contributed by atoms with van der Waals surface area (Å²) in [7, 11) is 0. The Kier molecular flexibility index (Phi) is 3.92. The normalized spacial score (nSPS) is 18.0. The van der Waals surface area contributed by atoms with Crippen molar-refractivity contribution in [3.63, 3.8) is 0 Å². The summed E-state index contributed by atoms with van der Waals surface area (Å²) < 4.78 is 19.4. The van der Waals surface area contributed by atoms with Crippen LogP contribution in [0.25, 0.3) is 0 Å². The van der Waals surface area contributed by atoms with E-state index < -0.39 is 0 Å². The molecule has 7 heteroatoms. The van der Waals surface area contributed by atoms with Crippen molar-refractivity contribution < 1.29 is 8.81 Å². The van der Waals surface area contributed by atoms with Gasteiger partial charge in [0.2, 0.25) is 5.89 Å². The Morgan fingerprint density at radius 2 is 2.32 bits per heavy atom. The van der Waals surface area contributed by atoms with Gasteiger partial charge in [0.15, 0.2) is 0 Å². The lowest BCUT2D eigenvalue weighted by Gasteiger charge is -2.34. The molecule has 6 nitrogen and oxygen atoms in total. The van der Waals surface area contributed by atoms with Crippen LogP contribution >= 0.6 is 0 Å². The quantitative estimate of drug-likeness (QED) is 0.938. The number of nitrogens with one attached hydrogen (secondary N) is 1. The number of hydrogen-bond donors (Lipinski definition) is 1. The Morgan fingerprint density at radius 1 is 1.45 bits per heavy atom. The molecule has 0 bridgehead atoms. The van der Waals surface area contributed by atoms with Gasteiger partial charge in [-0.15, -0.1) is 5.10 Å². The van der Waals surface area contributed by atoms with Crippen molar-refractivity contribution in [1.29, 1.82) is 5.26 Å². The van der Waals surface area contributed by atoms with Crippen LogP contribution in [0, 0.1) is 24.1 Å². The van der Waals surface area contributed by atoms with Gasteiger partial charge in [0.1, 0.15) is 5.82 Å². The second kappa shape index (κ2) is 6.02. The van der Waals surface area contributed by atoms with Gasteiger partial charge in [-0.25, -0.2) is 4.39 Å². The van der Waals surface area contributed by atoms with Gasteiger partial charge < -0.3 is 14.6 Å². The number of piperidine rings is 1.